The molecule has 0 radical (unpaired) electrons. The van der Waals surface area contributed by atoms with E-state index in [1.165, 1.54) is 13.3 Å². The van der Waals surface area contributed by atoms with E-state index in [9.17, 15) is 9.90 Å². The highest BCUT2D eigenvalue weighted by Gasteiger charge is 2.06. The van der Waals surface area contributed by atoms with E-state index in [0.29, 0.717) is 22.1 Å². The van der Waals surface area contributed by atoms with Crippen molar-refractivity contribution in [3.05, 3.63) is 52.5 Å². The highest BCUT2D eigenvalue weighted by atomic mass is 35.5. The molecule has 2 aromatic rings. The first-order valence-electron chi connectivity index (χ1n) is 7.08. The number of phenols is 1. The Labute approximate surface area is 144 Å². The first-order valence-corrected chi connectivity index (χ1v) is 7.46. The molecular formula is C17H17ClN2O4. The number of ether oxygens (including phenoxy) is 2. The van der Waals surface area contributed by atoms with Gasteiger partial charge in [-0.2, -0.15) is 5.10 Å². The van der Waals surface area contributed by atoms with Crippen molar-refractivity contribution < 1.29 is 19.4 Å². The van der Waals surface area contributed by atoms with Crippen LogP contribution in [0, 0.1) is 6.92 Å². The molecule has 0 fully saturated rings. The lowest BCUT2D eigenvalue weighted by Crippen LogP contribution is -2.24. The Hall–Kier alpha value is -2.73. The zero-order chi connectivity index (χ0) is 17.5. The molecule has 6 nitrogen and oxygen atoms in total. The van der Waals surface area contributed by atoms with E-state index in [1.807, 2.05) is 6.92 Å². The summed E-state index contributed by atoms with van der Waals surface area (Å²) in [5, 5.41) is 14.3. The van der Waals surface area contributed by atoms with Crippen LogP contribution in [0.5, 0.6) is 17.2 Å². The van der Waals surface area contributed by atoms with E-state index in [-0.39, 0.29) is 12.4 Å². The van der Waals surface area contributed by atoms with Crippen molar-refractivity contribution in [1.29, 1.82) is 0 Å². The Morgan fingerprint density at radius 1 is 1.38 bits per heavy atom. The average molecular weight is 349 g/mol. The number of para-hydroxylation sites is 1. The Morgan fingerprint density at radius 3 is 2.88 bits per heavy atom. The predicted octanol–water partition coefficient (Wildman–Crippen LogP) is 2.89. The maximum absolute atomic E-state index is 11.7. The molecule has 2 rings (SSSR count). The molecule has 0 aliphatic carbocycles. The van der Waals surface area contributed by atoms with Gasteiger partial charge in [-0.15, -0.1) is 0 Å². The molecule has 1 amide bonds. The van der Waals surface area contributed by atoms with Crippen molar-refractivity contribution >= 4 is 23.7 Å². The maximum Gasteiger partial charge on any atom is 0.277 e. The van der Waals surface area contributed by atoms with Gasteiger partial charge < -0.3 is 14.6 Å². The minimum atomic E-state index is -0.429. The number of amides is 1. The maximum atomic E-state index is 11.7. The molecule has 0 aliphatic rings. The molecule has 0 aliphatic heterocycles. The molecule has 2 aromatic carbocycles. The number of phenolic OH excluding ortho intramolecular Hbond substituents is 1. The van der Waals surface area contributed by atoms with Gasteiger partial charge >= 0.3 is 0 Å². The molecule has 7 heteroatoms. The summed E-state index contributed by atoms with van der Waals surface area (Å²) in [7, 11) is 1.45. The molecule has 0 saturated heterocycles. The van der Waals surface area contributed by atoms with Crippen molar-refractivity contribution in [1.82, 2.24) is 5.43 Å². The van der Waals surface area contributed by atoms with Gasteiger partial charge in [0.15, 0.2) is 18.1 Å². The van der Waals surface area contributed by atoms with Gasteiger partial charge in [0.1, 0.15) is 5.75 Å². The van der Waals surface area contributed by atoms with Crippen molar-refractivity contribution in [2.24, 2.45) is 5.10 Å². The molecule has 0 atom stereocenters. The summed E-state index contributed by atoms with van der Waals surface area (Å²) in [6, 6.07) is 10.1. The smallest absolute Gasteiger partial charge is 0.277 e. The quantitative estimate of drug-likeness (QED) is 0.621. The summed E-state index contributed by atoms with van der Waals surface area (Å²) in [5.74, 6) is 0.389. The average Bonchev–Trinajstić information content (AvgIpc) is 2.57. The van der Waals surface area contributed by atoms with E-state index in [0.717, 1.165) is 5.56 Å². The predicted molar refractivity (Wildman–Crippen MR) is 92.1 cm³/mol. The highest BCUT2D eigenvalue weighted by Crippen LogP contribution is 2.27. The van der Waals surface area contributed by atoms with Crippen LogP contribution in [0.4, 0.5) is 0 Å². The number of aryl methyl sites for hydroxylation is 1. The number of hydrogen-bond acceptors (Lipinski definition) is 5. The van der Waals surface area contributed by atoms with Crippen LogP contribution in [-0.4, -0.2) is 30.9 Å². The summed E-state index contributed by atoms with van der Waals surface area (Å²) in [6.45, 7) is 1.66. The van der Waals surface area contributed by atoms with Crippen LogP contribution in [0.25, 0.3) is 0 Å². The Bertz CT molecular complexity index is 762. The van der Waals surface area contributed by atoms with E-state index in [1.54, 1.807) is 36.4 Å². The van der Waals surface area contributed by atoms with E-state index in [4.69, 9.17) is 21.1 Å². The number of benzene rings is 2. The van der Waals surface area contributed by atoms with Gasteiger partial charge in [-0.05, 0) is 42.8 Å². The minimum absolute atomic E-state index is 0.0501. The van der Waals surface area contributed by atoms with Gasteiger partial charge in [-0.25, -0.2) is 5.43 Å². The number of nitrogens with one attached hydrogen (secondary N) is 1. The number of halogens is 1. The number of hydrogen-bond donors (Lipinski definition) is 2. The molecule has 0 aromatic heterocycles. The summed E-state index contributed by atoms with van der Waals surface area (Å²) in [4.78, 5) is 11.7. The molecule has 2 N–H and O–H groups in total. The SMILES string of the molecule is COc1cccc(/C=N/NC(=O)COc2ccc(Cl)c(C)c2)c1O. The first-order chi connectivity index (χ1) is 11.5. The molecule has 24 heavy (non-hydrogen) atoms. The van der Waals surface area contributed by atoms with Crippen molar-refractivity contribution in [3.63, 3.8) is 0 Å². The number of carbonyl (C=O) groups is 1. The number of hydrazone groups is 1. The van der Waals surface area contributed by atoms with Crippen LogP contribution in [0.15, 0.2) is 41.5 Å². The third-order valence-electron chi connectivity index (χ3n) is 3.14. The van der Waals surface area contributed by atoms with E-state index in [2.05, 4.69) is 10.5 Å². The summed E-state index contributed by atoms with van der Waals surface area (Å²) in [5.41, 5.74) is 3.60. The fraction of sp³-hybridized carbons (Fsp3) is 0.176. The monoisotopic (exact) mass is 348 g/mol. The largest absolute Gasteiger partial charge is 0.504 e. The lowest BCUT2D eigenvalue weighted by Gasteiger charge is -2.07. The van der Waals surface area contributed by atoms with Gasteiger partial charge in [-0.1, -0.05) is 17.7 Å². The van der Waals surface area contributed by atoms with Crippen LogP contribution >= 0.6 is 11.6 Å². The molecule has 0 spiro atoms. The van der Waals surface area contributed by atoms with Gasteiger partial charge in [0.05, 0.1) is 13.3 Å². The van der Waals surface area contributed by atoms with Gasteiger partial charge in [0.25, 0.3) is 5.91 Å². The van der Waals surface area contributed by atoms with Crippen LogP contribution in [0.2, 0.25) is 5.02 Å². The zero-order valence-corrected chi connectivity index (χ0v) is 14.0. The Kier molecular flexibility index (Phi) is 6.03. The fourth-order valence-electron chi connectivity index (χ4n) is 1.87. The third kappa shape index (κ3) is 4.63. The van der Waals surface area contributed by atoms with Gasteiger partial charge in [0, 0.05) is 10.6 Å². The highest BCUT2D eigenvalue weighted by molar-refractivity contribution is 6.31. The van der Waals surface area contributed by atoms with Crippen LogP contribution in [-0.2, 0) is 4.79 Å². The molecule has 0 bridgehead atoms. The number of aromatic hydroxyl groups is 1. The number of methoxy groups -OCH3 is 1. The van der Waals surface area contributed by atoms with Gasteiger partial charge in [-0.3, -0.25) is 4.79 Å². The topological polar surface area (TPSA) is 80.2 Å². The fourth-order valence-corrected chi connectivity index (χ4v) is 1.99. The summed E-state index contributed by atoms with van der Waals surface area (Å²) in [6.07, 6.45) is 1.32. The number of nitrogens with zero attached hydrogens (tertiary/aromatic N) is 1. The molecule has 0 saturated carbocycles. The minimum Gasteiger partial charge on any atom is -0.504 e. The van der Waals surface area contributed by atoms with Crippen molar-refractivity contribution in [2.45, 2.75) is 6.92 Å². The van der Waals surface area contributed by atoms with Crippen molar-refractivity contribution in [2.75, 3.05) is 13.7 Å². The van der Waals surface area contributed by atoms with E-state index >= 15 is 0 Å². The second kappa shape index (κ2) is 8.21. The van der Waals surface area contributed by atoms with Crippen LogP contribution < -0.4 is 14.9 Å². The molecular weight excluding hydrogens is 332 g/mol. The second-order valence-corrected chi connectivity index (χ2v) is 5.30. The third-order valence-corrected chi connectivity index (χ3v) is 3.57. The molecule has 0 heterocycles. The Morgan fingerprint density at radius 2 is 2.17 bits per heavy atom. The number of rotatable bonds is 6. The van der Waals surface area contributed by atoms with Crippen LogP contribution in [0.3, 0.4) is 0 Å². The standard InChI is InChI=1S/C17H17ClN2O4/c1-11-8-13(6-7-14(11)18)24-10-16(21)20-19-9-12-4-3-5-15(23-2)17(12)22/h3-9,22H,10H2,1-2H3,(H,20,21)/b19-9+. The van der Waals surface area contributed by atoms with Crippen molar-refractivity contribution in [3.8, 4) is 17.2 Å². The summed E-state index contributed by atoms with van der Waals surface area (Å²) >= 11 is 5.92. The van der Waals surface area contributed by atoms with Gasteiger partial charge in [0.2, 0.25) is 0 Å². The lowest BCUT2D eigenvalue weighted by atomic mass is 10.2. The lowest BCUT2D eigenvalue weighted by molar-refractivity contribution is -0.123. The van der Waals surface area contributed by atoms with Crippen LogP contribution in [0.1, 0.15) is 11.1 Å². The normalized spacial score (nSPS) is 10.6. The second-order valence-electron chi connectivity index (χ2n) is 4.89. The summed E-state index contributed by atoms with van der Waals surface area (Å²) < 4.78 is 10.3. The zero-order valence-electron chi connectivity index (χ0n) is 13.2. The molecule has 0 unspecified atom stereocenters. The first kappa shape index (κ1) is 17.6. The number of carbonyl (C=O) groups excluding carboxylic acids is 1. The molecule has 126 valence electrons. The Balaban J connectivity index is 1.88. The van der Waals surface area contributed by atoms with E-state index < -0.39 is 5.91 Å².